The van der Waals surface area contributed by atoms with Gasteiger partial charge in [0.25, 0.3) is 15.9 Å². The maximum absolute atomic E-state index is 14.8. The SMILES string of the molecule is Cc1ccc(S(=O)(=O)n2c(C)nc3c(OC4=CCOc5cc(F)cc(F)c54)cc(C(=O)N(C)C)cc32)cc1. The molecule has 0 fully saturated rings. The summed E-state index contributed by atoms with van der Waals surface area (Å²) in [5.41, 5.74) is 1.18. The van der Waals surface area contributed by atoms with Gasteiger partial charge in [-0.05, 0) is 44.2 Å². The second kappa shape index (κ2) is 9.25. The van der Waals surface area contributed by atoms with Gasteiger partial charge in [-0.1, -0.05) is 17.7 Å². The highest BCUT2D eigenvalue weighted by Gasteiger charge is 2.28. The molecular weight excluding hydrogens is 516 g/mol. The predicted octanol–water partition coefficient (Wildman–Crippen LogP) is 4.68. The number of fused-ring (bicyclic) bond motifs is 2. The normalized spacial score (nSPS) is 13.1. The fourth-order valence-corrected chi connectivity index (χ4v) is 5.72. The van der Waals surface area contributed by atoms with Crippen molar-refractivity contribution in [3.05, 3.63) is 88.8 Å². The van der Waals surface area contributed by atoms with E-state index in [1.54, 1.807) is 26.2 Å². The highest BCUT2D eigenvalue weighted by atomic mass is 32.2. The highest BCUT2D eigenvalue weighted by Crippen LogP contribution is 2.38. The minimum atomic E-state index is -4.10. The van der Waals surface area contributed by atoms with Gasteiger partial charge in [-0.2, -0.15) is 0 Å². The third-order valence-electron chi connectivity index (χ3n) is 6.05. The Morgan fingerprint density at radius 3 is 2.47 bits per heavy atom. The molecule has 0 radical (unpaired) electrons. The standard InChI is InChI=1S/C27H23F2N3O5S/c1-15-5-7-19(8-6-15)38(34,35)32-16(2)30-26-21(32)11-17(27(33)31(3)4)12-24(26)37-22-9-10-36-23-14-18(28)13-20(29)25(22)23/h5-9,11-14H,10H2,1-4H3. The Hall–Kier alpha value is -4.25. The van der Waals surface area contributed by atoms with Crippen LogP contribution in [0.2, 0.25) is 0 Å². The Labute approximate surface area is 217 Å². The topological polar surface area (TPSA) is 90.7 Å². The summed E-state index contributed by atoms with van der Waals surface area (Å²) in [7, 11) is -0.994. The molecule has 0 atom stereocenters. The van der Waals surface area contributed by atoms with Gasteiger partial charge in [0.15, 0.2) is 5.75 Å². The number of carbonyl (C=O) groups excluding carboxylic acids is 1. The molecule has 0 saturated heterocycles. The number of amides is 1. The van der Waals surface area contributed by atoms with Gasteiger partial charge in [0.1, 0.15) is 41.1 Å². The molecule has 0 saturated carbocycles. The molecule has 1 amide bonds. The van der Waals surface area contributed by atoms with Crippen molar-refractivity contribution in [1.29, 1.82) is 0 Å². The largest absolute Gasteiger partial charge is 0.488 e. The Morgan fingerprint density at radius 2 is 1.79 bits per heavy atom. The van der Waals surface area contributed by atoms with E-state index in [1.165, 1.54) is 42.2 Å². The molecule has 1 aliphatic heterocycles. The van der Waals surface area contributed by atoms with Gasteiger partial charge >= 0.3 is 0 Å². The van der Waals surface area contributed by atoms with Crippen molar-refractivity contribution in [3.8, 4) is 11.5 Å². The lowest BCUT2D eigenvalue weighted by Gasteiger charge is -2.20. The van der Waals surface area contributed by atoms with Gasteiger partial charge in [0, 0.05) is 31.8 Å². The minimum absolute atomic E-state index is 0.0139. The number of rotatable bonds is 5. The van der Waals surface area contributed by atoms with Crippen LogP contribution in [0.3, 0.4) is 0 Å². The quantitative estimate of drug-likeness (QED) is 0.366. The lowest BCUT2D eigenvalue weighted by Crippen LogP contribution is -2.22. The zero-order chi connectivity index (χ0) is 27.4. The maximum atomic E-state index is 14.8. The summed E-state index contributed by atoms with van der Waals surface area (Å²) in [5, 5.41) is 0. The first-order valence-electron chi connectivity index (χ1n) is 11.5. The first kappa shape index (κ1) is 25.4. The Morgan fingerprint density at radius 1 is 1.08 bits per heavy atom. The van der Waals surface area contributed by atoms with Crippen LogP contribution >= 0.6 is 0 Å². The van der Waals surface area contributed by atoms with Crippen molar-refractivity contribution in [2.75, 3.05) is 20.7 Å². The summed E-state index contributed by atoms with van der Waals surface area (Å²) in [6, 6.07) is 11.0. The van der Waals surface area contributed by atoms with Crippen molar-refractivity contribution < 1.29 is 31.5 Å². The smallest absolute Gasteiger partial charge is 0.269 e. The second-order valence-corrected chi connectivity index (χ2v) is 10.8. The van der Waals surface area contributed by atoms with Gasteiger partial charge < -0.3 is 14.4 Å². The zero-order valence-corrected chi connectivity index (χ0v) is 21.8. The number of aromatic nitrogens is 2. The first-order chi connectivity index (χ1) is 18.0. The minimum Gasteiger partial charge on any atom is -0.488 e. The van der Waals surface area contributed by atoms with E-state index in [0.717, 1.165) is 15.6 Å². The summed E-state index contributed by atoms with van der Waals surface area (Å²) in [6.45, 7) is 3.35. The lowest BCUT2D eigenvalue weighted by molar-refractivity contribution is 0.0827. The van der Waals surface area contributed by atoms with Crippen molar-refractivity contribution in [2.24, 2.45) is 0 Å². The van der Waals surface area contributed by atoms with Gasteiger partial charge in [0.2, 0.25) is 0 Å². The third-order valence-corrected chi connectivity index (χ3v) is 7.86. The maximum Gasteiger partial charge on any atom is 0.269 e. The molecular formula is C27H23F2N3O5S. The first-order valence-corrected chi connectivity index (χ1v) is 13.0. The molecule has 0 spiro atoms. The zero-order valence-electron chi connectivity index (χ0n) is 21.0. The molecule has 38 heavy (non-hydrogen) atoms. The van der Waals surface area contributed by atoms with E-state index in [2.05, 4.69) is 4.98 Å². The second-order valence-electron chi connectivity index (χ2n) is 9.03. The van der Waals surface area contributed by atoms with Gasteiger partial charge in [-0.3, -0.25) is 4.79 Å². The molecule has 3 aromatic carbocycles. The fraction of sp³-hybridized carbons (Fsp3) is 0.185. The molecule has 5 rings (SSSR count). The molecule has 4 aromatic rings. The predicted molar refractivity (Wildman–Crippen MR) is 137 cm³/mol. The molecule has 196 valence electrons. The van der Waals surface area contributed by atoms with Gasteiger partial charge in [-0.25, -0.2) is 26.2 Å². The Bertz CT molecular complexity index is 1740. The summed E-state index contributed by atoms with van der Waals surface area (Å²) < 4.78 is 68.3. The summed E-state index contributed by atoms with van der Waals surface area (Å²) in [4.78, 5) is 18.8. The van der Waals surface area contributed by atoms with E-state index >= 15 is 0 Å². The molecule has 1 aromatic heterocycles. The number of hydrogen-bond donors (Lipinski definition) is 0. The van der Waals surface area contributed by atoms with E-state index < -0.39 is 27.6 Å². The van der Waals surface area contributed by atoms with Crippen molar-refractivity contribution in [2.45, 2.75) is 18.7 Å². The van der Waals surface area contributed by atoms with Crippen LogP contribution in [0.1, 0.15) is 27.3 Å². The van der Waals surface area contributed by atoms with Crippen LogP contribution in [0.25, 0.3) is 16.8 Å². The highest BCUT2D eigenvalue weighted by molar-refractivity contribution is 7.90. The number of halogens is 2. The molecule has 0 unspecified atom stereocenters. The van der Waals surface area contributed by atoms with Crippen LogP contribution in [-0.2, 0) is 10.0 Å². The number of aryl methyl sites for hydroxylation is 2. The van der Waals surface area contributed by atoms with E-state index in [-0.39, 0.29) is 56.7 Å². The molecule has 0 aliphatic carbocycles. The summed E-state index contributed by atoms with van der Waals surface area (Å²) in [6.07, 6.45) is 1.46. The van der Waals surface area contributed by atoms with Crippen LogP contribution < -0.4 is 9.47 Å². The van der Waals surface area contributed by atoms with Crippen molar-refractivity contribution in [1.82, 2.24) is 13.9 Å². The average Bonchev–Trinajstić information content (AvgIpc) is 3.20. The van der Waals surface area contributed by atoms with E-state index in [4.69, 9.17) is 9.47 Å². The molecule has 11 heteroatoms. The number of benzene rings is 3. The van der Waals surface area contributed by atoms with E-state index in [1.807, 2.05) is 6.92 Å². The number of imidazole rings is 1. The third kappa shape index (κ3) is 4.28. The molecule has 0 N–H and O–H groups in total. The van der Waals surface area contributed by atoms with Gasteiger partial charge in [-0.15, -0.1) is 0 Å². The van der Waals surface area contributed by atoms with Crippen molar-refractivity contribution in [3.63, 3.8) is 0 Å². The van der Waals surface area contributed by atoms with Crippen LogP contribution in [0.15, 0.2) is 59.5 Å². The number of nitrogens with zero attached hydrogens (tertiary/aromatic N) is 3. The summed E-state index contributed by atoms with van der Waals surface area (Å²) >= 11 is 0. The monoisotopic (exact) mass is 539 g/mol. The molecule has 2 heterocycles. The van der Waals surface area contributed by atoms with Crippen LogP contribution in [0.5, 0.6) is 11.5 Å². The molecule has 8 nitrogen and oxygen atoms in total. The van der Waals surface area contributed by atoms with Crippen LogP contribution in [0, 0.1) is 25.5 Å². The Balaban J connectivity index is 1.72. The van der Waals surface area contributed by atoms with Crippen LogP contribution in [-0.4, -0.2) is 48.9 Å². The number of hydrogen-bond acceptors (Lipinski definition) is 6. The molecule has 1 aliphatic rings. The van der Waals surface area contributed by atoms with E-state index in [0.29, 0.717) is 6.07 Å². The van der Waals surface area contributed by atoms with Crippen molar-refractivity contribution >= 4 is 32.7 Å². The number of carbonyl (C=O) groups is 1. The lowest BCUT2D eigenvalue weighted by atomic mass is 10.1. The Kier molecular flexibility index (Phi) is 6.18. The van der Waals surface area contributed by atoms with Crippen LogP contribution in [0.4, 0.5) is 8.78 Å². The fourth-order valence-electron chi connectivity index (χ4n) is 4.24. The molecule has 0 bridgehead atoms. The van der Waals surface area contributed by atoms with Gasteiger partial charge in [0.05, 0.1) is 16.0 Å². The number of ether oxygens (including phenoxy) is 2. The van der Waals surface area contributed by atoms with E-state index in [9.17, 15) is 22.0 Å². The average molecular weight is 540 g/mol. The summed E-state index contributed by atoms with van der Waals surface area (Å²) in [5.74, 6) is -1.98.